The number of carboxylic acid groups (broad SMARTS) is 3. The van der Waals surface area contributed by atoms with Gasteiger partial charge in [-0.1, -0.05) is 0 Å². The van der Waals surface area contributed by atoms with Gasteiger partial charge in [0.2, 0.25) is 0 Å². The minimum atomic E-state index is -1.75. The number of carbonyl (C=O) groups is 3. The Bertz CT molecular complexity index is 982. The molecule has 9 N–H and O–H groups in total. The number of hydrogen-bond donors (Lipinski definition) is 9. The molecule has 19 nitrogen and oxygen atoms in total. The molecular formula is C26H42O19. The average Bonchev–Trinajstić information content (AvgIpc) is 2.98. The molecule has 0 saturated carbocycles. The second kappa shape index (κ2) is 16.6. The Kier molecular flexibility index (Phi) is 13.8. The van der Waals surface area contributed by atoms with Crippen LogP contribution in [0.5, 0.6) is 0 Å². The van der Waals surface area contributed by atoms with Gasteiger partial charge >= 0.3 is 17.9 Å². The van der Waals surface area contributed by atoms with Crippen LogP contribution in [0.4, 0.5) is 0 Å². The summed E-state index contributed by atoms with van der Waals surface area (Å²) in [5.74, 6) is -8.11. The van der Waals surface area contributed by atoms with Crippen molar-refractivity contribution in [1.29, 1.82) is 0 Å². The largest absolute Gasteiger partial charge is 0.479 e. The van der Waals surface area contributed by atoms with E-state index in [1.54, 1.807) is 0 Å². The number of aliphatic hydroxyl groups is 6. The third-order valence-electron chi connectivity index (χ3n) is 8.24. The Labute approximate surface area is 256 Å². The van der Waals surface area contributed by atoms with E-state index in [1.807, 2.05) is 0 Å². The van der Waals surface area contributed by atoms with Crippen molar-refractivity contribution in [1.82, 2.24) is 0 Å². The third-order valence-corrected chi connectivity index (χ3v) is 8.24. The number of ether oxygens (including phenoxy) is 7. The van der Waals surface area contributed by atoms with Gasteiger partial charge in [-0.3, -0.25) is 0 Å². The molecule has 0 aromatic carbocycles. The summed E-state index contributed by atoms with van der Waals surface area (Å²) in [5, 5.41) is 91.8. The lowest BCUT2D eigenvalue weighted by Crippen LogP contribution is -2.61. The van der Waals surface area contributed by atoms with Crippen LogP contribution in [0.1, 0.15) is 0 Å². The molecule has 0 amide bonds. The summed E-state index contributed by atoms with van der Waals surface area (Å²) < 4.78 is 36.9. The van der Waals surface area contributed by atoms with E-state index in [4.69, 9.17) is 33.2 Å². The van der Waals surface area contributed by atoms with Gasteiger partial charge in [0.25, 0.3) is 0 Å². The monoisotopic (exact) mass is 658 g/mol. The zero-order chi connectivity index (χ0) is 33.6. The van der Waals surface area contributed by atoms with Crippen LogP contribution in [-0.4, -0.2) is 191 Å². The molecule has 3 fully saturated rings. The van der Waals surface area contributed by atoms with Crippen molar-refractivity contribution in [2.45, 2.75) is 73.2 Å². The number of hydrogen-bond acceptors (Lipinski definition) is 16. The molecule has 0 aliphatic carbocycles. The SMILES string of the molecule is COCC1OC(C(=O)O)C(COCC2OC(C(=O)O)C(COCC3OC(C(=O)O)C(COC)C(O)C3O)C(O)C2O)C(O)C1O. The smallest absolute Gasteiger partial charge is 0.333 e. The molecule has 0 radical (unpaired) electrons. The van der Waals surface area contributed by atoms with Crippen molar-refractivity contribution in [2.24, 2.45) is 17.8 Å². The molecule has 3 saturated heterocycles. The highest BCUT2D eigenvalue weighted by Crippen LogP contribution is 2.31. The first kappa shape index (κ1) is 37.3. The van der Waals surface area contributed by atoms with E-state index < -0.39 is 135 Å². The summed E-state index contributed by atoms with van der Waals surface area (Å²) in [6.07, 6.45) is -18.5. The molecule has 3 aliphatic rings. The van der Waals surface area contributed by atoms with E-state index in [9.17, 15) is 60.3 Å². The van der Waals surface area contributed by atoms with Crippen LogP contribution in [0.15, 0.2) is 0 Å². The summed E-state index contributed by atoms with van der Waals surface area (Å²) in [7, 11) is 2.58. The maximum atomic E-state index is 12.0. The molecule has 15 atom stereocenters. The lowest BCUT2D eigenvalue weighted by molar-refractivity contribution is -0.244. The Hall–Kier alpha value is -2.11. The zero-order valence-electron chi connectivity index (χ0n) is 24.5. The maximum Gasteiger partial charge on any atom is 0.333 e. The van der Waals surface area contributed by atoms with Gasteiger partial charge in [-0.2, -0.15) is 0 Å². The number of aliphatic hydroxyl groups excluding tert-OH is 6. The van der Waals surface area contributed by atoms with E-state index in [0.717, 1.165) is 0 Å². The number of methoxy groups -OCH3 is 2. The minimum Gasteiger partial charge on any atom is -0.479 e. The summed E-state index contributed by atoms with van der Waals surface area (Å²) in [4.78, 5) is 35.4. The quantitative estimate of drug-likeness (QED) is 0.0794. The molecule has 0 aromatic heterocycles. The van der Waals surface area contributed by atoms with E-state index in [0.29, 0.717) is 0 Å². The van der Waals surface area contributed by atoms with Gasteiger partial charge in [0.1, 0.15) is 36.6 Å². The fraction of sp³-hybridized carbons (Fsp3) is 0.885. The first-order chi connectivity index (χ1) is 21.2. The molecule has 3 heterocycles. The van der Waals surface area contributed by atoms with E-state index >= 15 is 0 Å². The number of aliphatic carboxylic acids is 3. The molecule has 3 aliphatic heterocycles. The molecule has 0 aromatic rings. The molecule has 0 bridgehead atoms. The second-order valence-electron chi connectivity index (χ2n) is 11.2. The van der Waals surface area contributed by atoms with Crippen LogP contribution < -0.4 is 0 Å². The van der Waals surface area contributed by atoms with E-state index in [2.05, 4.69) is 0 Å². The highest BCUT2D eigenvalue weighted by atomic mass is 16.6. The van der Waals surface area contributed by atoms with Crippen LogP contribution in [0.25, 0.3) is 0 Å². The predicted molar refractivity (Wildman–Crippen MR) is 141 cm³/mol. The van der Waals surface area contributed by atoms with Gasteiger partial charge in [-0.15, -0.1) is 0 Å². The highest BCUT2D eigenvalue weighted by molar-refractivity contribution is 5.74. The van der Waals surface area contributed by atoms with Crippen LogP contribution in [0.2, 0.25) is 0 Å². The van der Waals surface area contributed by atoms with Crippen LogP contribution in [0.3, 0.4) is 0 Å². The lowest BCUT2D eigenvalue weighted by Gasteiger charge is -2.43. The maximum absolute atomic E-state index is 12.0. The topological polar surface area (TPSA) is 298 Å². The highest BCUT2D eigenvalue weighted by Gasteiger charge is 2.51. The van der Waals surface area contributed by atoms with Crippen LogP contribution in [0, 0.1) is 17.8 Å². The molecule has 45 heavy (non-hydrogen) atoms. The molecule has 15 unspecified atom stereocenters. The van der Waals surface area contributed by atoms with Crippen molar-refractivity contribution >= 4 is 17.9 Å². The average molecular weight is 659 g/mol. The molecular weight excluding hydrogens is 616 g/mol. The second-order valence-corrected chi connectivity index (χ2v) is 11.2. The van der Waals surface area contributed by atoms with Crippen molar-refractivity contribution in [3.8, 4) is 0 Å². The summed E-state index contributed by atoms with van der Waals surface area (Å²) >= 11 is 0. The summed E-state index contributed by atoms with van der Waals surface area (Å²) in [5.41, 5.74) is 0. The van der Waals surface area contributed by atoms with E-state index in [-0.39, 0.29) is 13.2 Å². The van der Waals surface area contributed by atoms with Gasteiger partial charge in [0, 0.05) is 32.0 Å². The third kappa shape index (κ3) is 8.63. The Morgan fingerprint density at radius 3 is 1.04 bits per heavy atom. The number of carboxylic acids is 3. The van der Waals surface area contributed by atoms with Crippen molar-refractivity contribution in [3.63, 3.8) is 0 Å². The fourth-order valence-electron chi connectivity index (χ4n) is 5.76. The molecule has 260 valence electrons. The summed E-state index contributed by atoms with van der Waals surface area (Å²) in [6, 6.07) is 0. The number of rotatable bonds is 15. The van der Waals surface area contributed by atoms with Crippen LogP contribution >= 0.6 is 0 Å². The van der Waals surface area contributed by atoms with Gasteiger partial charge in [-0.05, 0) is 0 Å². The predicted octanol–water partition coefficient (Wildman–Crippen LogP) is -5.12. The van der Waals surface area contributed by atoms with Crippen molar-refractivity contribution < 1.29 is 93.5 Å². The molecule has 19 heteroatoms. The molecule has 0 spiro atoms. The van der Waals surface area contributed by atoms with Gasteiger partial charge < -0.3 is 79.1 Å². The fourth-order valence-corrected chi connectivity index (χ4v) is 5.76. The first-order valence-electron chi connectivity index (χ1n) is 14.1. The summed E-state index contributed by atoms with van der Waals surface area (Å²) in [6.45, 7) is -2.55. The van der Waals surface area contributed by atoms with Gasteiger partial charge in [0.15, 0.2) is 18.3 Å². The normalized spacial score (nSPS) is 42.3. The standard InChI is InChI=1S/C26H42O19/c1-39-3-9-15(27)19(31)13(44-21(9)24(33)34)7-42-5-11-17(29)20(32)14(45-23(11)26(37)38)8-41-4-10-16(28)18(30)12(6-40-2)43-22(10)25(35)36/h9-23,27-32H,3-8H2,1-2H3,(H,33,34)(H,35,36)(H,37,38). The zero-order valence-corrected chi connectivity index (χ0v) is 24.5. The lowest BCUT2D eigenvalue weighted by atomic mass is 9.86. The van der Waals surface area contributed by atoms with Gasteiger partial charge in [0.05, 0.1) is 58.0 Å². The van der Waals surface area contributed by atoms with E-state index in [1.165, 1.54) is 14.2 Å². The first-order valence-corrected chi connectivity index (χ1v) is 14.1. The van der Waals surface area contributed by atoms with Gasteiger partial charge in [-0.25, -0.2) is 14.4 Å². The minimum absolute atomic E-state index is 0.190. The Balaban J connectivity index is 1.59. The molecule has 3 rings (SSSR count). The van der Waals surface area contributed by atoms with Crippen LogP contribution in [-0.2, 0) is 47.5 Å². The Morgan fingerprint density at radius 1 is 0.467 bits per heavy atom. The van der Waals surface area contributed by atoms with Crippen molar-refractivity contribution in [3.05, 3.63) is 0 Å². The van der Waals surface area contributed by atoms with Crippen molar-refractivity contribution in [2.75, 3.05) is 53.9 Å². The Morgan fingerprint density at radius 2 is 0.756 bits per heavy atom.